The van der Waals surface area contributed by atoms with Gasteiger partial charge < -0.3 is 10.0 Å². The van der Waals surface area contributed by atoms with Gasteiger partial charge in [0, 0.05) is 5.82 Å². The Bertz CT molecular complexity index is 386. The summed E-state index contributed by atoms with van der Waals surface area (Å²) in [6.07, 6.45) is 11.5. The summed E-state index contributed by atoms with van der Waals surface area (Å²) in [5, 5.41) is 19.4. The molecule has 2 N–H and O–H groups in total. The van der Waals surface area contributed by atoms with Crippen molar-refractivity contribution >= 4 is 7.12 Å². The van der Waals surface area contributed by atoms with E-state index < -0.39 is 7.12 Å². The largest absolute Gasteiger partial charge is 0.455 e. The third kappa shape index (κ3) is 2.08. The molecule has 3 rings (SSSR count). The minimum Gasteiger partial charge on any atom is -0.427 e. The van der Waals surface area contributed by atoms with Gasteiger partial charge in [-0.25, -0.2) is 0 Å². The topological polar surface area (TPSA) is 40.5 Å². The van der Waals surface area contributed by atoms with Gasteiger partial charge in [-0.05, 0) is 61.9 Å². The van der Waals surface area contributed by atoms with Crippen molar-refractivity contribution in [3.05, 3.63) is 23.3 Å². The molecule has 0 aromatic carbocycles. The lowest BCUT2D eigenvalue weighted by molar-refractivity contribution is 0.262. The van der Waals surface area contributed by atoms with Crippen LogP contribution in [-0.4, -0.2) is 17.2 Å². The smallest absolute Gasteiger partial charge is 0.427 e. The molecule has 1 fully saturated rings. The summed E-state index contributed by atoms with van der Waals surface area (Å²) < 4.78 is 0. The second kappa shape index (κ2) is 4.86. The predicted molar refractivity (Wildman–Crippen MR) is 74.0 cm³/mol. The van der Waals surface area contributed by atoms with Crippen molar-refractivity contribution in [3.63, 3.8) is 0 Å². The lowest BCUT2D eigenvalue weighted by Crippen LogP contribution is -2.37. The van der Waals surface area contributed by atoms with Crippen molar-refractivity contribution in [1.29, 1.82) is 0 Å². The fraction of sp³-hybridized carbons (Fsp3) is 0.733. The molecule has 98 valence electrons. The highest BCUT2D eigenvalue weighted by Gasteiger charge is 2.43. The van der Waals surface area contributed by atoms with Crippen LogP contribution >= 0.6 is 0 Å². The van der Waals surface area contributed by atoms with Crippen molar-refractivity contribution in [1.82, 2.24) is 0 Å². The molecule has 0 amide bonds. The molecule has 0 aromatic rings. The number of allylic oxidation sites excluding steroid dienone is 4. The molecule has 4 atom stereocenters. The fourth-order valence-electron chi connectivity index (χ4n) is 4.31. The number of hydrogen-bond acceptors (Lipinski definition) is 2. The maximum Gasteiger partial charge on any atom is 0.455 e. The zero-order chi connectivity index (χ0) is 12.7. The quantitative estimate of drug-likeness (QED) is 0.698. The number of hydrogen-bond donors (Lipinski definition) is 2. The van der Waals surface area contributed by atoms with Gasteiger partial charge in [-0.1, -0.05) is 24.6 Å². The lowest BCUT2D eigenvalue weighted by Gasteiger charge is -2.44. The lowest BCUT2D eigenvalue weighted by atomic mass is 9.52. The van der Waals surface area contributed by atoms with Gasteiger partial charge in [-0.15, -0.1) is 0 Å². The van der Waals surface area contributed by atoms with Gasteiger partial charge in [-0.3, -0.25) is 0 Å². The van der Waals surface area contributed by atoms with Gasteiger partial charge in [0.25, 0.3) is 0 Å². The summed E-state index contributed by atoms with van der Waals surface area (Å²) in [6.45, 7) is 2.32. The minimum atomic E-state index is -1.13. The Balaban J connectivity index is 1.98. The van der Waals surface area contributed by atoms with E-state index in [2.05, 4.69) is 19.1 Å². The molecule has 4 unspecified atom stereocenters. The third-order valence-corrected chi connectivity index (χ3v) is 5.23. The molecule has 1 saturated carbocycles. The van der Waals surface area contributed by atoms with Crippen molar-refractivity contribution in [3.8, 4) is 0 Å². The highest BCUT2D eigenvalue weighted by Crippen LogP contribution is 2.52. The zero-order valence-electron chi connectivity index (χ0n) is 11.2. The van der Waals surface area contributed by atoms with E-state index in [1.54, 1.807) is 11.1 Å². The second-order valence-electron chi connectivity index (χ2n) is 6.46. The Morgan fingerprint density at radius 2 is 2.06 bits per heavy atom. The maximum atomic E-state index is 9.69. The number of fused-ring (bicyclic) bond motifs is 2. The molecule has 0 heterocycles. The first-order valence-corrected chi connectivity index (χ1v) is 7.42. The van der Waals surface area contributed by atoms with Gasteiger partial charge in [0.15, 0.2) is 0 Å². The van der Waals surface area contributed by atoms with E-state index in [1.807, 2.05) is 0 Å². The Kier molecular flexibility index (Phi) is 3.37. The molecule has 0 bridgehead atoms. The number of rotatable bonds is 1. The van der Waals surface area contributed by atoms with Crippen LogP contribution in [0, 0.1) is 17.8 Å². The first-order chi connectivity index (χ1) is 8.66. The van der Waals surface area contributed by atoms with E-state index in [9.17, 15) is 10.0 Å². The Labute approximate surface area is 110 Å². The van der Waals surface area contributed by atoms with Crippen molar-refractivity contribution in [2.75, 3.05) is 0 Å². The minimum absolute atomic E-state index is 0.0766. The molecule has 2 nitrogen and oxygen atoms in total. The van der Waals surface area contributed by atoms with Crippen LogP contribution in [0.3, 0.4) is 0 Å². The summed E-state index contributed by atoms with van der Waals surface area (Å²) in [4.78, 5) is 0. The zero-order valence-corrected chi connectivity index (χ0v) is 11.2. The van der Waals surface area contributed by atoms with E-state index >= 15 is 0 Å². The average Bonchev–Trinajstić information content (AvgIpc) is 2.37. The summed E-state index contributed by atoms with van der Waals surface area (Å²) >= 11 is 0. The van der Waals surface area contributed by atoms with Gasteiger partial charge >= 0.3 is 7.12 Å². The SMILES string of the molecule is CC1CCC2C(=C3C=CCCC3CC2B(O)O)C1. The van der Waals surface area contributed by atoms with E-state index in [0.717, 1.165) is 25.2 Å². The van der Waals surface area contributed by atoms with Gasteiger partial charge in [-0.2, -0.15) is 0 Å². The van der Waals surface area contributed by atoms with Crippen LogP contribution in [0.2, 0.25) is 5.82 Å². The molecular formula is C15H23BO2. The Morgan fingerprint density at radius 1 is 1.22 bits per heavy atom. The highest BCUT2D eigenvalue weighted by atomic mass is 16.4. The third-order valence-electron chi connectivity index (χ3n) is 5.23. The molecular weight excluding hydrogens is 223 g/mol. The van der Waals surface area contributed by atoms with Crippen LogP contribution in [0.4, 0.5) is 0 Å². The molecule has 0 aliphatic heterocycles. The first-order valence-electron chi connectivity index (χ1n) is 7.42. The fourth-order valence-corrected chi connectivity index (χ4v) is 4.31. The normalized spacial score (nSPS) is 39.3. The van der Waals surface area contributed by atoms with Crippen molar-refractivity contribution in [2.24, 2.45) is 17.8 Å². The molecule has 3 heteroatoms. The van der Waals surface area contributed by atoms with Crippen LogP contribution in [0.1, 0.15) is 45.4 Å². The predicted octanol–water partition coefficient (Wildman–Crippen LogP) is 2.93. The van der Waals surface area contributed by atoms with Crippen LogP contribution in [0.5, 0.6) is 0 Å². The van der Waals surface area contributed by atoms with Gasteiger partial charge in [0.2, 0.25) is 0 Å². The van der Waals surface area contributed by atoms with Crippen molar-refractivity contribution in [2.45, 2.75) is 51.3 Å². The molecule has 3 aliphatic carbocycles. The van der Waals surface area contributed by atoms with E-state index in [1.165, 1.54) is 19.3 Å². The average molecular weight is 246 g/mol. The van der Waals surface area contributed by atoms with Gasteiger partial charge in [0.05, 0.1) is 0 Å². The molecule has 0 aromatic heterocycles. The van der Waals surface area contributed by atoms with E-state index in [0.29, 0.717) is 11.8 Å². The summed E-state index contributed by atoms with van der Waals surface area (Å²) in [5.74, 6) is 1.84. The molecule has 18 heavy (non-hydrogen) atoms. The first kappa shape index (κ1) is 12.5. The van der Waals surface area contributed by atoms with Crippen LogP contribution in [-0.2, 0) is 0 Å². The summed E-state index contributed by atoms with van der Waals surface area (Å²) in [7, 11) is -1.13. The van der Waals surface area contributed by atoms with E-state index in [-0.39, 0.29) is 5.82 Å². The van der Waals surface area contributed by atoms with Crippen molar-refractivity contribution < 1.29 is 10.0 Å². The summed E-state index contributed by atoms with van der Waals surface area (Å²) in [6, 6.07) is 0. The molecule has 0 radical (unpaired) electrons. The van der Waals surface area contributed by atoms with Crippen LogP contribution < -0.4 is 0 Å². The Morgan fingerprint density at radius 3 is 2.83 bits per heavy atom. The summed E-state index contributed by atoms with van der Waals surface area (Å²) in [5.41, 5.74) is 3.11. The van der Waals surface area contributed by atoms with Crippen LogP contribution in [0.25, 0.3) is 0 Å². The molecule has 0 spiro atoms. The highest BCUT2D eigenvalue weighted by molar-refractivity contribution is 6.43. The van der Waals surface area contributed by atoms with Crippen LogP contribution in [0.15, 0.2) is 23.3 Å². The Hall–Kier alpha value is -0.535. The molecule has 0 saturated heterocycles. The van der Waals surface area contributed by atoms with Gasteiger partial charge in [0.1, 0.15) is 0 Å². The van der Waals surface area contributed by atoms with E-state index in [4.69, 9.17) is 0 Å². The molecule has 3 aliphatic rings. The second-order valence-corrected chi connectivity index (χ2v) is 6.46. The monoisotopic (exact) mass is 246 g/mol. The standard InChI is InChI=1S/C15H23BO2/c1-10-6-7-13-14(8-10)12-5-3-2-4-11(12)9-15(13)16(17)18/h3,5,10-11,13,15,17-18H,2,4,6-9H2,1H3. The maximum absolute atomic E-state index is 9.69.